The van der Waals surface area contributed by atoms with Crippen molar-refractivity contribution in [2.75, 3.05) is 46.0 Å². The lowest BCUT2D eigenvalue weighted by Gasteiger charge is -2.38. The van der Waals surface area contributed by atoms with Gasteiger partial charge >= 0.3 is 0 Å². The van der Waals surface area contributed by atoms with Crippen molar-refractivity contribution < 1.29 is 14.6 Å². The van der Waals surface area contributed by atoms with Crippen LogP contribution in [0.5, 0.6) is 0 Å². The number of hydrogen-bond acceptors (Lipinski definition) is 4. The summed E-state index contributed by atoms with van der Waals surface area (Å²) in [5.41, 5.74) is -0.221. The van der Waals surface area contributed by atoms with Crippen LogP contribution in [0.2, 0.25) is 0 Å². The van der Waals surface area contributed by atoms with E-state index in [-0.39, 0.29) is 48.0 Å². The van der Waals surface area contributed by atoms with Gasteiger partial charge in [-0.25, -0.2) is 0 Å². The Balaban J connectivity index is 0.00000261. The number of guanidine groups is 1. The minimum atomic E-state index is -0.221. The van der Waals surface area contributed by atoms with Gasteiger partial charge in [0.05, 0.1) is 31.8 Å². The molecule has 156 valence electrons. The molecule has 3 aliphatic rings. The first-order chi connectivity index (χ1) is 12.7. The molecule has 27 heavy (non-hydrogen) atoms. The zero-order valence-corrected chi connectivity index (χ0v) is 18.7. The fourth-order valence-electron chi connectivity index (χ4n) is 4.07. The van der Waals surface area contributed by atoms with Gasteiger partial charge in [-0.3, -0.25) is 9.79 Å². The number of nitrogens with one attached hydrogen (secondary N) is 2. The highest BCUT2D eigenvalue weighted by atomic mass is 127. The SMILES string of the molecule is CCNC(=NCC1(CO)COC1)NC1CCN(C(=O)C2CCCCC2)C1.I. The molecule has 7 nitrogen and oxygen atoms in total. The largest absolute Gasteiger partial charge is 0.396 e. The molecule has 1 amide bonds. The van der Waals surface area contributed by atoms with E-state index in [4.69, 9.17) is 4.74 Å². The first-order valence-corrected chi connectivity index (χ1v) is 10.2. The molecule has 3 rings (SSSR count). The lowest BCUT2D eigenvalue weighted by atomic mass is 9.87. The number of carbonyl (C=O) groups is 1. The molecule has 1 aliphatic carbocycles. The summed E-state index contributed by atoms with van der Waals surface area (Å²) in [5, 5.41) is 16.3. The topological polar surface area (TPSA) is 86.2 Å². The molecule has 0 spiro atoms. The number of hydrogen-bond donors (Lipinski definition) is 3. The summed E-state index contributed by atoms with van der Waals surface area (Å²) >= 11 is 0. The van der Waals surface area contributed by atoms with Gasteiger partial charge in [-0.05, 0) is 26.2 Å². The van der Waals surface area contributed by atoms with Crippen molar-refractivity contribution in [3.05, 3.63) is 0 Å². The van der Waals surface area contributed by atoms with Crippen LogP contribution < -0.4 is 10.6 Å². The molecule has 2 saturated heterocycles. The van der Waals surface area contributed by atoms with Crippen molar-refractivity contribution >= 4 is 35.8 Å². The first-order valence-electron chi connectivity index (χ1n) is 10.2. The van der Waals surface area contributed by atoms with Crippen LogP contribution in [0.1, 0.15) is 45.4 Å². The smallest absolute Gasteiger partial charge is 0.225 e. The Morgan fingerprint density at radius 3 is 2.59 bits per heavy atom. The van der Waals surface area contributed by atoms with Crippen LogP contribution in [0.3, 0.4) is 0 Å². The normalized spacial score (nSPS) is 25.5. The number of aliphatic hydroxyl groups is 1. The maximum atomic E-state index is 12.7. The number of aliphatic imine (C=N–C) groups is 1. The molecule has 0 aromatic carbocycles. The zero-order chi connectivity index (χ0) is 18.4. The van der Waals surface area contributed by atoms with E-state index in [0.29, 0.717) is 25.7 Å². The third kappa shape index (κ3) is 5.93. The second-order valence-corrected chi connectivity index (χ2v) is 8.10. The van der Waals surface area contributed by atoms with Gasteiger partial charge in [-0.15, -0.1) is 24.0 Å². The van der Waals surface area contributed by atoms with E-state index in [9.17, 15) is 9.90 Å². The van der Waals surface area contributed by atoms with Gasteiger partial charge in [0.25, 0.3) is 0 Å². The van der Waals surface area contributed by atoms with E-state index in [1.165, 1.54) is 19.3 Å². The van der Waals surface area contributed by atoms with E-state index in [1.807, 2.05) is 11.8 Å². The molecule has 3 N–H and O–H groups in total. The number of rotatable bonds is 6. The van der Waals surface area contributed by atoms with Crippen molar-refractivity contribution in [1.29, 1.82) is 0 Å². The van der Waals surface area contributed by atoms with Crippen molar-refractivity contribution in [2.45, 2.75) is 51.5 Å². The standard InChI is InChI=1S/C19H34N4O3.HI/c1-2-20-18(21-11-19(12-24)13-26-14-19)22-16-8-9-23(10-16)17(25)15-6-4-3-5-7-15;/h15-16,24H,2-14H2,1H3,(H2,20,21,22);1H. The van der Waals surface area contributed by atoms with E-state index in [1.54, 1.807) is 0 Å². The molecular weight excluding hydrogens is 459 g/mol. The van der Waals surface area contributed by atoms with Gasteiger partial charge < -0.3 is 25.4 Å². The van der Waals surface area contributed by atoms with Gasteiger partial charge in [0.2, 0.25) is 5.91 Å². The summed E-state index contributed by atoms with van der Waals surface area (Å²) < 4.78 is 5.24. The highest BCUT2D eigenvalue weighted by Crippen LogP contribution is 2.28. The number of likely N-dealkylation sites (tertiary alicyclic amines) is 1. The number of ether oxygens (including phenoxy) is 1. The summed E-state index contributed by atoms with van der Waals surface area (Å²) in [4.78, 5) is 19.4. The highest BCUT2D eigenvalue weighted by molar-refractivity contribution is 14.0. The monoisotopic (exact) mass is 494 g/mol. The van der Waals surface area contributed by atoms with Gasteiger partial charge in [0, 0.05) is 31.6 Å². The van der Waals surface area contributed by atoms with Crippen molar-refractivity contribution in [3.63, 3.8) is 0 Å². The van der Waals surface area contributed by atoms with E-state index < -0.39 is 0 Å². The predicted molar refractivity (Wildman–Crippen MR) is 116 cm³/mol. The fourth-order valence-corrected chi connectivity index (χ4v) is 4.07. The molecule has 1 unspecified atom stereocenters. The number of halogens is 1. The average Bonchev–Trinajstić information content (AvgIpc) is 3.10. The summed E-state index contributed by atoms with van der Waals surface area (Å²) in [6.07, 6.45) is 6.73. The average molecular weight is 494 g/mol. The Kier molecular flexibility index (Phi) is 9.07. The van der Waals surface area contributed by atoms with Crippen LogP contribution >= 0.6 is 24.0 Å². The van der Waals surface area contributed by atoms with Crippen LogP contribution in [0.15, 0.2) is 4.99 Å². The van der Waals surface area contributed by atoms with Crippen LogP contribution in [0.4, 0.5) is 0 Å². The van der Waals surface area contributed by atoms with E-state index >= 15 is 0 Å². The maximum absolute atomic E-state index is 12.7. The molecule has 0 aromatic rings. The summed E-state index contributed by atoms with van der Waals surface area (Å²) in [6, 6.07) is 0.239. The molecule has 1 atom stereocenters. The molecule has 0 bridgehead atoms. The molecule has 2 aliphatic heterocycles. The Hall–Kier alpha value is -0.610. The summed E-state index contributed by atoms with van der Waals surface area (Å²) in [7, 11) is 0. The van der Waals surface area contributed by atoms with E-state index in [2.05, 4.69) is 15.6 Å². The van der Waals surface area contributed by atoms with Crippen LogP contribution in [-0.4, -0.2) is 73.9 Å². The Bertz CT molecular complexity index is 502. The molecule has 8 heteroatoms. The number of aliphatic hydroxyl groups excluding tert-OH is 1. The Labute approximate surface area is 179 Å². The van der Waals surface area contributed by atoms with E-state index in [0.717, 1.165) is 44.9 Å². The molecule has 3 fully saturated rings. The van der Waals surface area contributed by atoms with Crippen molar-refractivity contribution in [1.82, 2.24) is 15.5 Å². The minimum absolute atomic E-state index is 0. The third-order valence-electron chi connectivity index (χ3n) is 5.86. The van der Waals surface area contributed by atoms with Gasteiger partial charge in [0.15, 0.2) is 5.96 Å². The molecule has 2 heterocycles. The molecular formula is C19H35IN4O3. The quantitative estimate of drug-likeness (QED) is 0.295. The summed E-state index contributed by atoms with van der Waals surface area (Å²) in [6.45, 7) is 6.21. The lowest BCUT2D eigenvalue weighted by molar-refractivity contribution is -0.135. The molecule has 0 radical (unpaired) electrons. The van der Waals surface area contributed by atoms with Gasteiger partial charge in [-0.2, -0.15) is 0 Å². The lowest BCUT2D eigenvalue weighted by Crippen LogP contribution is -2.50. The van der Waals surface area contributed by atoms with Crippen molar-refractivity contribution in [3.8, 4) is 0 Å². The fraction of sp³-hybridized carbons (Fsp3) is 0.895. The molecule has 0 aromatic heterocycles. The van der Waals surface area contributed by atoms with Crippen molar-refractivity contribution in [2.24, 2.45) is 16.3 Å². The predicted octanol–water partition coefficient (Wildman–Crippen LogP) is 1.35. The highest BCUT2D eigenvalue weighted by Gasteiger charge is 2.38. The second kappa shape index (κ2) is 10.8. The van der Waals surface area contributed by atoms with Crippen LogP contribution in [0.25, 0.3) is 0 Å². The second-order valence-electron chi connectivity index (χ2n) is 8.10. The first kappa shape index (κ1) is 22.7. The van der Waals surface area contributed by atoms with Crippen LogP contribution in [-0.2, 0) is 9.53 Å². The number of amides is 1. The maximum Gasteiger partial charge on any atom is 0.225 e. The van der Waals surface area contributed by atoms with Gasteiger partial charge in [-0.1, -0.05) is 19.3 Å². The Morgan fingerprint density at radius 2 is 2.00 bits per heavy atom. The van der Waals surface area contributed by atoms with Crippen LogP contribution in [0, 0.1) is 11.3 Å². The Morgan fingerprint density at radius 1 is 1.26 bits per heavy atom. The zero-order valence-electron chi connectivity index (χ0n) is 16.4. The van der Waals surface area contributed by atoms with Gasteiger partial charge in [0.1, 0.15) is 0 Å². The number of nitrogens with zero attached hydrogens (tertiary/aromatic N) is 2. The minimum Gasteiger partial charge on any atom is -0.396 e. The molecule has 1 saturated carbocycles. The number of carbonyl (C=O) groups excluding carboxylic acids is 1. The third-order valence-corrected chi connectivity index (χ3v) is 5.86. The summed E-state index contributed by atoms with van der Waals surface area (Å²) in [5.74, 6) is 1.36.